The quantitative estimate of drug-likeness (QED) is 0.752. The molecule has 0 saturated heterocycles. The van der Waals surface area contributed by atoms with Crippen LogP contribution in [0.3, 0.4) is 0 Å². The molecule has 0 aliphatic rings. The van der Waals surface area contributed by atoms with E-state index in [9.17, 15) is 0 Å². The minimum atomic E-state index is 0.918. The van der Waals surface area contributed by atoms with Gasteiger partial charge in [0, 0.05) is 41.6 Å². The van der Waals surface area contributed by atoms with Crippen LogP contribution >= 0.6 is 0 Å². The van der Waals surface area contributed by atoms with Gasteiger partial charge in [0.25, 0.3) is 0 Å². The summed E-state index contributed by atoms with van der Waals surface area (Å²) in [6.45, 7) is 1.05. The number of fused-ring (bicyclic) bond motifs is 1. The van der Waals surface area contributed by atoms with E-state index < -0.39 is 0 Å². The number of nitrogens with zero attached hydrogens (tertiary/aromatic N) is 2. The van der Waals surface area contributed by atoms with Crippen LogP contribution in [0.2, 0.25) is 0 Å². The van der Waals surface area contributed by atoms with E-state index in [-0.39, 0.29) is 0 Å². The fraction of sp³-hybridized carbons (Fsp3) is 0.267. The van der Waals surface area contributed by atoms with Gasteiger partial charge in [-0.05, 0) is 44.3 Å². The van der Waals surface area contributed by atoms with E-state index >= 15 is 0 Å². The highest BCUT2D eigenvalue weighted by Crippen LogP contribution is 2.24. The van der Waals surface area contributed by atoms with Crippen LogP contribution in [-0.4, -0.2) is 40.5 Å². The number of benzene rings is 1. The van der Waals surface area contributed by atoms with Crippen molar-refractivity contribution < 1.29 is 0 Å². The summed E-state index contributed by atoms with van der Waals surface area (Å²) in [5, 5.41) is 1.29. The first kappa shape index (κ1) is 12.0. The van der Waals surface area contributed by atoms with Crippen molar-refractivity contribution in [2.24, 2.45) is 0 Å². The highest BCUT2D eigenvalue weighted by Gasteiger charge is 2.07. The van der Waals surface area contributed by atoms with E-state index in [1.807, 2.05) is 6.20 Å². The Balaban J connectivity index is 1.98. The molecule has 0 amide bonds. The van der Waals surface area contributed by atoms with Crippen molar-refractivity contribution in [3.63, 3.8) is 0 Å². The molecule has 0 aliphatic heterocycles. The van der Waals surface area contributed by atoms with Crippen molar-refractivity contribution >= 4 is 10.9 Å². The highest BCUT2D eigenvalue weighted by molar-refractivity contribution is 5.87. The van der Waals surface area contributed by atoms with E-state index in [2.05, 4.69) is 58.3 Å². The van der Waals surface area contributed by atoms with Crippen molar-refractivity contribution in [3.8, 4) is 11.4 Å². The largest absolute Gasteiger partial charge is 0.361 e. The van der Waals surface area contributed by atoms with Crippen molar-refractivity contribution in [1.29, 1.82) is 0 Å². The molecule has 0 unspecified atom stereocenters. The van der Waals surface area contributed by atoms with Crippen molar-refractivity contribution in [3.05, 3.63) is 42.4 Å². The number of aromatic amines is 2. The first-order valence-electron chi connectivity index (χ1n) is 6.48. The molecule has 4 heteroatoms. The Morgan fingerprint density at radius 3 is 2.84 bits per heavy atom. The average Bonchev–Trinajstić information content (AvgIpc) is 3.05. The molecule has 3 aromatic rings. The molecule has 0 radical (unpaired) electrons. The molecule has 1 aromatic carbocycles. The number of hydrogen-bond donors (Lipinski definition) is 2. The second-order valence-corrected chi connectivity index (χ2v) is 5.07. The second-order valence-electron chi connectivity index (χ2n) is 5.07. The third kappa shape index (κ3) is 2.39. The Kier molecular flexibility index (Phi) is 3.09. The fourth-order valence-corrected chi connectivity index (χ4v) is 2.30. The van der Waals surface area contributed by atoms with Gasteiger partial charge in [0.15, 0.2) is 0 Å². The molecule has 0 spiro atoms. The maximum atomic E-state index is 4.31. The summed E-state index contributed by atoms with van der Waals surface area (Å²) in [7, 11) is 4.20. The number of H-pyrrole nitrogens is 2. The number of imidazole rings is 1. The Morgan fingerprint density at radius 1 is 1.21 bits per heavy atom. The molecule has 0 saturated carbocycles. The second kappa shape index (κ2) is 4.90. The number of likely N-dealkylation sites (N-methyl/N-ethyl adjacent to an activating group) is 1. The third-order valence-electron chi connectivity index (χ3n) is 3.37. The molecule has 19 heavy (non-hydrogen) atoms. The molecule has 2 heterocycles. The summed E-state index contributed by atoms with van der Waals surface area (Å²) in [5.74, 6) is 0.918. The van der Waals surface area contributed by atoms with Gasteiger partial charge >= 0.3 is 0 Å². The third-order valence-corrected chi connectivity index (χ3v) is 3.37. The fourth-order valence-electron chi connectivity index (χ4n) is 2.30. The minimum absolute atomic E-state index is 0.918. The van der Waals surface area contributed by atoms with Crippen LogP contribution in [0.25, 0.3) is 22.3 Å². The normalized spacial score (nSPS) is 11.5. The van der Waals surface area contributed by atoms with Crippen molar-refractivity contribution in [1.82, 2.24) is 19.9 Å². The Labute approximate surface area is 112 Å². The van der Waals surface area contributed by atoms with Gasteiger partial charge in [-0.15, -0.1) is 0 Å². The van der Waals surface area contributed by atoms with Gasteiger partial charge in [-0.25, -0.2) is 4.98 Å². The zero-order valence-corrected chi connectivity index (χ0v) is 11.3. The molecule has 0 fully saturated rings. The average molecular weight is 254 g/mol. The van der Waals surface area contributed by atoms with Gasteiger partial charge in [0.2, 0.25) is 0 Å². The summed E-state index contributed by atoms with van der Waals surface area (Å²) in [4.78, 5) is 13.0. The SMILES string of the molecule is CN(C)CCc1c[nH]c2ccc(-c3ncc[nH]3)cc12. The molecular weight excluding hydrogens is 236 g/mol. The van der Waals surface area contributed by atoms with Gasteiger partial charge in [-0.2, -0.15) is 0 Å². The lowest BCUT2D eigenvalue weighted by Gasteiger charge is -2.08. The predicted molar refractivity (Wildman–Crippen MR) is 78.1 cm³/mol. The summed E-state index contributed by atoms with van der Waals surface area (Å²) in [6, 6.07) is 6.41. The first-order chi connectivity index (χ1) is 9.24. The van der Waals surface area contributed by atoms with E-state index in [1.54, 1.807) is 6.20 Å². The lowest BCUT2D eigenvalue weighted by atomic mass is 10.1. The van der Waals surface area contributed by atoms with Gasteiger partial charge in [0.05, 0.1) is 0 Å². The van der Waals surface area contributed by atoms with Gasteiger partial charge < -0.3 is 14.9 Å². The Morgan fingerprint density at radius 2 is 2.11 bits per heavy atom. The van der Waals surface area contributed by atoms with E-state index in [0.29, 0.717) is 0 Å². The molecule has 4 nitrogen and oxygen atoms in total. The zero-order chi connectivity index (χ0) is 13.2. The summed E-state index contributed by atoms with van der Waals surface area (Å²) in [6.07, 6.45) is 6.79. The maximum Gasteiger partial charge on any atom is 0.137 e. The predicted octanol–water partition coefficient (Wildman–Crippen LogP) is 2.66. The molecule has 98 valence electrons. The number of aromatic nitrogens is 3. The van der Waals surface area contributed by atoms with Crippen molar-refractivity contribution in [2.45, 2.75) is 6.42 Å². The number of hydrogen-bond acceptors (Lipinski definition) is 2. The monoisotopic (exact) mass is 254 g/mol. The highest BCUT2D eigenvalue weighted by atomic mass is 15.0. The summed E-state index contributed by atoms with van der Waals surface area (Å²) < 4.78 is 0. The van der Waals surface area contributed by atoms with E-state index in [1.165, 1.54) is 16.5 Å². The van der Waals surface area contributed by atoms with Crippen molar-refractivity contribution in [2.75, 3.05) is 20.6 Å². The van der Waals surface area contributed by atoms with Gasteiger partial charge in [-0.3, -0.25) is 0 Å². The lowest BCUT2D eigenvalue weighted by molar-refractivity contribution is 0.414. The van der Waals surface area contributed by atoms with Crippen LogP contribution in [0.15, 0.2) is 36.8 Å². The van der Waals surface area contributed by atoms with Gasteiger partial charge in [-0.1, -0.05) is 0 Å². The van der Waals surface area contributed by atoms with Crippen LogP contribution in [-0.2, 0) is 6.42 Å². The summed E-state index contributed by atoms with van der Waals surface area (Å²) >= 11 is 0. The standard InChI is InChI=1S/C15H18N4/c1-19(2)8-5-12-10-18-14-4-3-11(9-13(12)14)15-16-6-7-17-15/h3-4,6-7,9-10,18H,5,8H2,1-2H3,(H,16,17). The minimum Gasteiger partial charge on any atom is -0.361 e. The van der Waals surface area contributed by atoms with E-state index in [0.717, 1.165) is 24.4 Å². The molecule has 0 bridgehead atoms. The first-order valence-corrected chi connectivity index (χ1v) is 6.48. The smallest absolute Gasteiger partial charge is 0.137 e. The number of nitrogens with one attached hydrogen (secondary N) is 2. The Hall–Kier alpha value is -2.07. The lowest BCUT2D eigenvalue weighted by Crippen LogP contribution is -2.14. The van der Waals surface area contributed by atoms with E-state index in [4.69, 9.17) is 0 Å². The van der Waals surface area contributed by atoms with Crippen LogP contribution in [0.1, 0.15) is 5.56 Å². The molecule has 0 aliphatic carbocycles. The number of rotatable bonds is 4. The summed E-state index contributed by atoms with van der Waals surface area (Å²) in [5.41, 5.74) is 3.67. The van der Waals surface area contributed by atoms with Crippen LogP contribution < -0.4 is 0 Å². The molecule has 2 N–H and O–H groups in total. The van der Waals surface area contributed by atoms with Crippen LogP contribution in [0.5, 0.6) is 0 Å². The molecular formula is C15H18N4. The van der Waals surface area contributed by atoms with Gasteiger partial charge in [0.1, 0.15) is 5.82 Å². The molecule has 3 rings (SSSR count). The Bertz CT molecular complexity index is 665. The van der Waals surface area contributed by atoms with Crippen LogP contribution in [0.4, 0.5) is 0 Å². The zero-order valence-electron chi connectivity index (χ0n) is 11.3. The van der Waals surface area contributed by atoms with Crippen LogP contribution in [0, 0.1) is 0 Å². The maximum absolute atomic E-state index is 4.31. The molecule has 2 aromatic heterocycles. The topological polar surface area (TPSA) is 47.7 Å². The molecule has 0 atom stereocenters.